The maximum Gasteiger partial charge on any atom is 0.416 e. The smallest absolute Gasteiger partial charge is 0.316 e. The minimum Gasteiger partial charge on any atom is -0.316 e. The molecule has 0 radical (unpaired) electrons. The molecule has 1 aromatic rings. The molecular weight excluding hydrogens is 255 g/mol. The second-order valence-electron chi connectivity index (χ2n) is 3.25. The molecule has 0 aliphatic heterocycles. The highest BCUT2D eigenvalue weighted by atomic mass is 19.4. The van der Waals surface area contributed by atoms with Crippen molar-refractivity contribution >= 4 is 0 Å². The normalized spacial score (nSPS) is 14.8. The Balaban J connectivity index is 3.34. The van der Waals surface area contributed by atoms with Gasteiger partial charge in [-0.3, -0.25) is 0 Å². The predicted molar refractivity (Wildman–Crippen MR) is 44.4 cm³/mol. The lowest BCUT2D eigenvalue weighted by Gasteiger charge is -2.20. The van der Waals surface area contributed by atoms with Crippen LogP contribution in [0.15, 0.2) is 18.2 Å². The Morgan fingerprint density at radius 2 is 1.53 bits per heavy atom. The van der Waals surface area contributed by atoms with Crippen molar-refractivity contribution in [2.75, 3.05) is 0 Å². The van der Waals surface area contributed by atoms with Crippen LogP contribution in [-0.2, 0) is 6.18 Å². The summed E-state index contributed by atoms with van der Waals surface area (Å²) in [6.07, 6.45) is -10.1. The number of nitrogens with two attached hydrogens (primary N) is 1. The quantitative estimate of drug-likeness (QED) is 0.770. The van der Waals surface area contributed by atoms with Crippen molar-refractivity contribution in [2.45, 2.75) is 18.4 Å². The van der Waals surface area contributed by atoms with Gasteiger partial charge in [-0.15, -0.1) is 0 Å². The molecule has 0 spiro atoms. The highest BCUT2D eigenvalue weighted by molar-refractivity contribution is 5.33. The minimum atomic E-state index is -5.10. The van der Waals surface area contributed by atoms with Gasteiger partial charge in [0.25, 0.3) is 0 Å². The molecule has 0 aromatic heterocycles. The molecule has 1 aromatic carbocycles. The van der Waals surface area contributed by atoms with Crippen LogP contribution in [0, 0.1) is 5.82 Å². The topological polar surface area (TPSA) is 26.0 Å². The molecule has 0 heterocycles. The van der Waals surface area contributed by atoms with Crippen molar-refractivity contribution in [3.8, 4) is 0 Å². The first-order valence-electron chi connectivity index (χ1n) is 4.22. The van der Waals surface area contributed by atoms with Crippen LogP contribution in [0.1, 0.15) is 17.2 Å². The number of halogens is 7. The first-order valence-corrected chi connectivity index (χ1v) is 4.22. The maximum absolute atomic E-state index is 12.6. The molecule has 0 aliphatic carbocycles. The zero-order chi connectivity index (χ0) is 13.4. The lowest BCUT2D eigenvalue weighted by atomic mass is 10.00. The van der Waals surface area contributed by atoms with Crippen LogP contribution in [0.3, 0.4) is 0 Å². The van der Waals surface area contributed by atoms with Crippen LogP contribution >= 0.6 is 0 Å². The van der Waals surface area contributed by atoms with E-state index >= 15 is 0 Å². The van der Waals surface area contributed by atoms with E-state index in [0.29, 0.717) is 12.1 Å². The molecule has 17 heavy (non-hydrogen) atoms. The molecular formula is C9H6F7N. The Bertz CT molecular complexity index is 407. The van der Waals surface area contributed by atoms with Crippen molar-refractivity contribution in [2.24, 2.45) is 5.73 Å². The number of hydrogen-bond donors (Lipinski definition) is 1. The number of hydrogen-bond acceptors (Lipinski definition) is 1. The summed E-state index contributed by atoms with van der Waals surface area (Å²) in [4.78, 5) is 0. The lowest BCUT2D eigenvalue weighted by Crippen LogP contribution is -2.30. The van der Waals surface area contributed by atoms with E-state index in [1.54, 1.807) is 0 Å². The molecule has 0 saturated carbocycles. The number of rotatable bonds is 1. The summed E-state index contributed by atoms with van der Waals surface area (Å²) < 4.78 is 86.4. The summed E-state index contributed by atoms with van der Waals surface area (Å²) in [5, 5.41) is 0. The van der Waals surface area contributed by atoms with E-state index in [-0.39, 0.29) is 6.07 Å². The zero-order valence-electron chi connectivity index (χ0n) is 8.03. The van der Waals surface area contributed by atoms with Crippen molar-refractivity contribution in [3.05, 3.63) is 35.1 Å². The summed E-state index contributed by atoms with van der Waals surface area (Å²) in [7, 11) is 0. The van der Waals surface area contributed by atoms with Gasteiger partial charge in [0, 0.05) is 0 Å². The standard InChI is InChI=1S/C9H6F7N/c10-4-1-2-5(7(17)9(14,15)16)6(3-4)8(11,12)13/h1-3,7H,17H2/t7-/m0/s1. The Labute approximate surface area is 91.0 Å². The fraction of sp³-hybridized carbons (Fsp3) is 0.333. The number of alkyl halides is 6. The molecule has 8 heteroatoms. The first kappa shape index (κ1) is 13.8. The number of benzene rings is 1. The van der Waals surface area contributed by atoms with Crippen molar-refractivity contribution < 1.29 is 30.7 Å². The van der Waals surface area contributed by atoms with E-state index in [9.17, 15) is 30.7 Å². The van der Waals surface area contributed by atoms with E-state index in [0.717, 1.165) is 0 Å². The molecule has 0 bridgehead atoms. The molecule has 1 nitrogen and oxygen atoms in total. The molecule has 2 N–H and O–H groups in total. The highest BCUT2D eigenvalue weighted by Crippen LogP contribution is 2.39. The van der Waals surface area contributed by atoms with Gasteiger partial charge < -0.3 is 5.73 Å². The van der Waals surface area contributed by atoms with Crippen LogP contribution in [0.4, 0.5) is 30.7 Å². The zero-order valence-corrected chi connectivity index (χ0v) is 8.03. The third kappa shape index (κ3) is 3.09. The van der Waals surface area contributed by atoms with Gasteiger partial charge in [0.15, 0.2) is 0 Å². The molecule has 96 valence electrons. The van der Waals surface area contributed by atoms with Crippen LogP contribution in [-0.4, -0.2) is 6.18 Å². The van der Waals surface area contributed by atoms with Gasteiger partial charge in [-0.2, -0.15) is 26.3 Å². The summed E-state index contributed by atoms with van der Waals surface area (Å²) in [6, 6.07) is -1.94. The SMILES string of the molecule is N[C@@H](c1ccc(F)cc1C(F)(F)F)C(F)(F)F. The Morgan fingerprint density at radius 1 is 1.00 bits per heavy atom. The Morgan fingerprint density at radius 3 is 1.94 bits per heavy atom. The molecule has 0 fully saturated rings. The average Bonchev–Trinajstić information content (AvgIpc) is 2.14. The monoisotopic (exact) mass is 261 g/mol. The lowest BCUT2D eigenvalue weighted by molar-refractivity contribution is -0.155. The fourth-order valence-corrected chi connectivity index (χ4v) is 1.22. The fourth-order valence-electron chi connectivity index (χ4n) is 1.22. The van der Waals surface area contributed by atoms with Crippen molar-refractivity contribution in [3.63, 3.8) is 0 Å². The maximum atomic E-state index is 12.6. The van der Waals surface area contributed by atoms with Gasteiger partial charge in [0.05, 0.1) is 5.56 Å². The van der Waals surface area contributed by atoms with Gasteiger partial charge in [-0.25, -0.2) is 4.39 Å². The van der Waals surface area contributed by atoms with Crippen LogP contribution in [0.5, 0.6) is 0 Å². The predicted octanol–water partition coefficient (Wildman–Crippen LogP) is 3.41. The summed E-state index contributed by atoms with van der Waals surface area (Å²) >= 11 is 0. The van der Waals surface area contributed by atoms with Crippen LogP contribution < -0.4 is 5.73 Å². The Hall–Kier alpha value is -1.31. The summed E-state index contributed by atoms with van der Waals surface area (Å²) in [6.45, 7) is 0. The van der Waals surface area contributed by atoms with E-state index in [1.165, 1.54) is 0 Å². The van der Waals surface area contributed by atoms with Crippen molar-refractivity contribution in [1.82, 2.24) is 0 Å². The largest absolute Gasteiger partial charge is 0.416 e. The van der Waals surface area contributed by atoms with Gasteiger partial charge in [-0.05, 0) is 17.7 Å². The molecule has 1 rings (SSSR count). The van der Waals surface area contributed by atoms with Crippen LogP contribution in [0.2, 0.25) is 0 Å². The van der Waals surface area contributed by atoms with Gasteiger partial charge in [0.2, 0.25) is 0 Å². The molecule has 1 atom stereocenters. The molecule has 0 unspecified atom stereocenters. The van der Waals surface area contributed by atoms with Gasteiger partial charge in [0.1, 0.15) is 11.9 Å². The van der Waals surface area contributed by atoms with E-state index in [1.807, 2.05) is 0 Å². The highest BCUT2D eigenvalue weighted by Gasteiger charge is 2.43. The van der Waals surface area contributed by atoms with E-state index in [2.05, 4.69) is 5.73 Å². The second kappa shape index (κ2) is 4.17. The molecule has 0 saturated heterocycles. The Kier molecular flexibility index (Phi) is 3.37. The van der Waals surface area contributed by atoms with E-state index in [4.69, 9.17) is 0 Å². The van der Waals surface area contributed by atoms with Crippen LogP contribution in [0.25, 0.3) is 0 Å². The van der Waals surface area contributed by atoms with Gasteiger partial charge >= 0.3 is 12.4 Å². The summed E-state index contributed by atoms with van der Waals surface area (Å²) in [5.41, 5.74) is 1.75. The first-order chi connectivity index (χ1) is 7.53. The second-order valence-corrected chi connectivity index (χ2v) is 3.25. The average molecular weight is 261 g/mol. The van der Waals surface area contributed by atoms with Crippen molar-refractivity contribution in [1.29, 1.82) is 0 Å². The van der Waals surface area contributed by atoms with Gasteiger partial charge in [-0.1, -0.05) is 6.07 Å². The summed E-state index contributed by atoms with van der Waals surface area (Å²) in [5.74, 6) is -1.28. The third-order valence-electron chi connectivity index (χ3n) is 2.01. The third-order valence-corrected chi connectivity index (χ3v) is 2.01. The van der Waals surface area contributed by atoms with E-state index < -0.39 is 35.3 Å². The molecule has 0 amide bonds. The minimum absolute atomic E-state index is 0.0130. The molecule has 0 aliphatic rings.